The Balaban J connectivity index is 5.24. The summed E-state index contributed by atoms with van der Waals surface area (Å²) in [4.78, 5) is 72.6. The third-order valence-corrected chi connectivity index (χ3v) is 18.5. The fourth-order valence-electron chi connectivity index (χ4n) is 10.8. The Morgan fingerprint density at radius 2 is 0.462 bits per heavy atom. The third-order valence-electron chi connectivity index (χ3n) is 16.6. The molecule has 0 rings (SSSR count). The highest BCUT2D eigenvalue weighted by Crippen LogP contribution is 2.45. The second-order valence-electron chi connectivity index (χ2n) is 27.9. The fraction of sp³-hybridized carbons (Fsp3) is 0.944. The first kappa shape index (κ1) is 89.1. The van der Waals surface area contributed by atoms with Gasteiger partial charge < -0.3 is 33.8 Å². The Morgan fingerprint density at radius 3 is 0.681 bits per heavy atom. The molecule has 3 unspecified atom stereocenters. The van der Waals surface area contributed by atoms with Crippen LogP contribution in [0.15, 0.2) is 0 Å². The molecule has 0 radical (unpaired) electrons. The molecule has 0 heterocycles. The van der Waals surface area contributed by atoms with Crippen molar-refractivity contribution < 1.29 is 80.2 Å². The van der Waals surface area contributed by atoms with Crippen LogP contribution in [0.4, 0.5) is 0 Å². The molecule has 5 atom stereocenters. The maximum absolute atomic E-state index is 13.0. The highest BCUT2D eigenvalue weighted by Gasteiger charge is 2.30. The molecule has 0 aliphatic carbocycles. The van der Waals surface area contributed by atoms with Crippen LogP contribution < -0.4 is 0 Å². The van der Waals surface area contributed by atoms with Crippen molar-refractivity contribution in [2.75, 3.05) is 39.6 Å². The minimum absolute atomic E-state index is 0.105. The van der Waals surface area contributed by atoms with Crippen molar-refractivity contribution in [2.24, 2.45) is 23.7 Å². The van der Waals surface area contributed by atoms with Gasteiger partial charge in [0.15, 0.2) is 12.2 Å². The Morgan fingerprint density at radius 1 is 0.275 bits per heavy atom. The smallest absolute Gasteiger partial charge is 0.462 e. The van der Waals surface area contributed by atoms with Crippen LogP contribution in [-0.4, -0.2) is 96.7 Å². The van der Waals surface area contributed by atoms with Gasteiger partial charge in [-0.25, -0.2) is 9.13 Å². The first-order valence-corrected chi connectivity index (χ1v) is 40.2. The maximum Gasteiger partial charge on any atom is 0.472 e. The van der Waals surface area contributed by atoms with Gasteiger partial charge in [0.1, 0.15) is 19.3 Å². The molecule has 0 saturated carbocycles. The van der Waals surface area contributed by atoms with Crippen molar-refractivity contribution in [3.05, 3.63) is 0 Å². The fourth-order valence-corrected chi connectivity index (χ4v) is 12.4. The molecule has 540 valence electrons. The minimum Gasteiger partial charge on any atom is -0.462 e. The molecule has 91 heavy (non-hydrogen) atoms. The van der Waals surface area contributed by atoms with Gasteiger partial charge in [-0.05, 0) is 49.4 Å². The van der Waals surface area contributed by atoms with E-state index in [1.54, 1.807) is 0 Å². The molecule has 0 spiro atoms. The number of carbonyl (C=O) groups excluding carboxylic acids is 4. The third kappa shape index (κ3) is 66.5. The average molecular weight is 1340 g/mol. The van der Waals surface area contributed by atoms with E-state index in [9.17, 15) is 43.2 Å². The summed E-state index contributed by atoms with van der Waals surface area (Å²) in [5, 5.41) is 10.6. The van der Waals surface area contributed by atoms with Gasteiger partial charge in [0.05, 0.1) is 26.4 Å². The van der Waals surface area contributed by atoms with E-state index in [0.29, 0.717) is 31.6 Å². The first-order valence-electron chi connectivity index (χ1n) is 37.2. The molecule has 19 heteroatoms. The van der Waals surface area contributed by atoms with Gasteiger partial charge >= 0.3 is 39.5 Å². The summed E-state index contributed by atoms with van der Waals surface area (Å²) in [6.07, 6.45) is 44.5. The molecule has 0 bridgehead atoms. The number of ether oxygens (including phenoxy) is 4. The summed E-state index contributed by atoms with van der Waals surface area (Å²) in [6, 6.07) is 0. The molecule has 0 aromatic carbocycles. The lowest BCUT2D eigenvalue weighted by molar-refractivity contribution is -0.161. The summed E-state index contributed by atoms with van der Waals surface area (Å²) in [5.41, 5.74) is 0. The zero-order valence-electron chi connectivity index (χ0n) is 59.5. The number of rotatable bonds is 69. The van der Waals surface area contributed by atoms with Crippen LogP contribution in [0.1, 0.15) is 357 Å². The highest BCUT2D eigenvalue weighted by molar-refractivity contribution is 7.47. The van der Waals surface area contributed by atoms with Gasteiger partial charge in [-0.3, -0.25) is 37.3 Å². The summed E-state index contributed by atoms with van der Waals surface area (Å²) in [6.45, 7) is 14.1. The number of aliphatic hydroxyl groups is 1. The molecule has 0 amide bonds. The van der Waals surface area contributed by atoms with Crippen molar-refractivity contribution in [3.63, 3.8) is 0 Å². The number of phosphoric acid groups is 2. The largest absolute Gasteiger partial charge is 0.472 e. The Labute approximate surface area is 556 Å². The number of hydrogen-bond acceptors (Lipinski definition) is 15. The van der Waals surface area contributed by atoms with E-state index in [4.69, 9.17) is 37.0 Å². The number of phosphoric ester groups is 2. The van der Waals surface area contributed by atoms with Gasteiger partial charge in [-0.2, -0.15) is 0 Å². The normalized spacial score (nSPS) is 14.2. The lowest BCUT2D eigenvalue weighted by Gasteiger charge is -2.21. The molecule has 17 nitrogen and oxygen atoms in total. The highest BCUT2D eigenvalue weighted by atomic mass is 31.2. The van der Waals surface area contributed by atoms with Crippen LogP contribution in [0.3, 0.4) is 0 Å². The number of aliphatic hydroxyl groups excluding tert-OH is 1. The number of hydrogen-bond donors (Lipinski definition) is 3. The lowest BCUT2D eigenvalue weighted by Crippen LogP contribution is -2.30. The van der Waals surface area contributed by atoms with Crippen LogP contribution in [0.2, 0.25) is 0 Å². The Hall–Kier alpha value is -1.94. The first-order chi connectivity index (χ1) is 43.6. The van der Waals surface area contributed by atoms with Crippen LogP contribution in [-0.2, 0) is 65.4 Å². The minimum atomic E-state index is -4.95. The lowest BCUT2D eigenvalue weighted by atomic mass is 10.0. The van der Waals surface area contributed by atoms with E-state index in [1.165, 1.54) is 154 Å². The number of unbranched alkanes of at least 4 members (excludes halogenated alkanes) is 35. The van der Waals surface area contributed by atoms with E-state index < -0.39 is 97.5 Å². The molecule has 0 aromatic heterocycles. The Kier molecular flexibility index (Phi) is 60.3. The monoisotopic (exact) mass is 1340 g/mol. The average Bonchev–Trinajstić information content (AvgIpc) is 2.77. The van der Waals surface area contributed by atoms with Crippen LogP contribution in [0, 0.1) is 23.7 Å². The Bertz CT molecular complexity index is 1800. The van der Waals surface area contributed by atoms with Gasteiger partial charge in [0, 0.05) is 25.7 Å². The van der Waals surface area contributed by atoms with Crippen LogP contribution in [0.5, 0.6) is 0 Å². The second-order valence-corrected chi connectivity index (χ2v) is 30.8. The summed E-state index contributed by atoms with van der Waals surface area (Å²) >= 11 is 0. The molecule has 0 aliphatic heterocycles. The van der Waals surface area contributed by atoms with E-state index >= 15 is 0 Å². The van der Waals surface area contributed by atoms with Crippen molar-refractivity contribution in [3.8, 4) is 0 Å². The quantitative estimate of drug-likeness (QED) is 0.0222. The van der Waals surface area contributed by atoms with E-state index in [-0.39, 0.29) is 25.7 Å². The van der Waals surface area contributed by atoms with Crippen molar-refractivity contribution in [2.45, 2.75) is 375 Å². The van der Waals surface area contributed by atoms with E-state index in [0.717, 1.165) is 114 Å². The molecule has 0 fully saturated rings. The zero-order chi connectivity index (χ0) is 67.5. The molecule has 0 saturated heterocycles. The molecular formula is C72H140O17P2. The molecule has 3 N–H and O–H groups in total. The van der Waals surface area contributed by atoms with E-state index in [2.05, 4.69) is 55.4 Å². The zero-order valence-corrected chi connectivity index (χ0v) is 61.3. The maximum atomic E-state index is 13.0. The van der Waals surface area contributed by atoms with Crippen LogP contribution in [0.25, 0.3) is 0 Å². The van der Waals surface area contributed by atoms with Gasteiger partial charge in [-0.1, -0.05) is 306 Å². The topological polar surface area (TPSA) is 237 Å². The van der Waals surface area contributed by atoms with Crippen molar-refractivity contribution in [1.82, 2.24) is 0 Å². The van der Waals surface area contributed by atoms with E-state index in [1.807, 2.05) is 0 Å². The summed E-state index contributed by atoms with van der Waals surface area (Å²) in [5.74, 6) is 0.851. The van der Waals surface area contributed by atoms with Crippen molar-refractivity contribution >= 4 is 39.5 Å². The van der Waals surface area contributed by atoms with Gasteiger partial charge in [-0.15, -0.1) is 0 Å². The standard InChI is InChI=1S/C72H140O17P2/c1-62(2)48-40-32-24-17-13-11-9-10-12-14-19-29-38-46-54-71(76)88-67(58-82-69(74)52-44-36-28-22-21-26-34-42-50-64(5)6)60-86-90(78,79)84-56-66(73)57-85-91(80,81)87-61-68(59-83-70(75)53-45-37-31-23-27-35-43-51-65(7)8)89-72(77)55-47-39-30-20-16-15-18-25-33-41-49-63(3)4/h62-68,73H,9-61H2,1-8H3,(H,78,79)(H,80,81)/t66?,67-,68-/m1/s1. The van der Waals surface area contributed by atoms with Crippen LogP contribution >= 0.6 is 15.6 Å². The predicted octanol–water partition coefficient (Wildman–Crippen LogP) is 20.5. The predicted molar refractivity (Wildman–Crippen MR) is 367 cm³/mol. The van der Waals surface area contributed by atoms with Gasteiger partial charge in [0.25, 0.3) is 0 Å². The molecule has 0 aliphatic rings. The van der Waals surface area contributed by atoms with Gasteiger partial charge in [0.2, 0.25) is 0 Å². The number of carbonyl (C=O) groups is 4. The molecular weight excluding hydrogens is 1200 g/mol. The SMILES string of the molecule is CC(C)CCCCCCCCCCCCCCCCC(=O)O[C@H](COC(=O)CCCCCCCCCCC(C)C)COP(=O)(O)OCC(O)COP(=O)(O)OC[C@@H](COC(=O)CCCCCCCCCC(C)C)OC(=O)CCCCCCCCCCCCC(C)C. The summed E-state index contributed by atoms with van der Waals surface area (Å²) in [7, 11) is -9.91. The number of esters is 4. The molecule has 0 aromatic rings. The second kappa shape index (κ2) is 61.6. The van der Waals surface area contributed by atoms with Crippen molar-refractivity contribution in [1.29, 1.82) is 0 Å². The summed E-state index contributed by atoms with van der Waals surface area (Å²) < 4.78 is 68.3.